The van der Waals surface area contributed by atoms with Crippen molar-refractivity contribution in [2.24, 2.45) is 5.84 Å². The molecule has 0 aliphatic heterocycles. The Morgan fingerprint density at radius 1 is 1.27 bits per heavy atom. The molecule has 9 nitrogen and oxygen atoms in total. The van der Waals surface area contributed by atoms with Crippen molar-refractivity contribution < 1.29 is 14.9 Å². The summed E-state index contributed by atoms with van der Waals surface area (Å²) in [6.45, 7) is 0. The number of nitrogens with two attached hydrogens (primary N) is 1. The van der Waals surface area contributed by atoms with Gasteiger partial charge in [0.05, 0.1) is 4.92 Å². The number of nitrogens with zero attached hydrogens (tertiary/aromatic N) is 3. The molecule has 0 atom stereocenters. The molecule has 15 heavy (non-hydrogen) atoms. The summed E-state index contributed by atoms with van der Waals surface area (Å²) in [5, 5.41) is 19.5. The number of hydrogen-bond donors (Lipinski definition) is 1. The van der Waals surface area contributed by atoms with E-state index in [4.69, 9.17) is 5.84 Å². The molecule has 80 valence electrons. The van der Waals surface area contributed by atoms with Gasteiger partial charge in [0.15, 0.2) is 5.69 Å². The number of hydrazine groups is 1. The van der Waals surface area contributed by atoms with Crippen LogP contribution in [0.2, 0.25) is 0 Å². The molecule has 0 aliphatic rings. The molecule has 1 aromatic carbocycles. The van der Waals surface area contributed by atoms with Crippen LogP contribution < -0.4 is 11.0 Å². The summed E-state index contributed by atoms with van der Waals surface area (Å²) in [5.74, 6) is 5.10. The number of benzene rings is 1. The molecule has 0 saturated carbocycles. The zero-order chi connectivity index (χ0) is 11.4. The third kappa shape index (κ3) is 2.51. The molecule has 0 fully saturated rings. The van der Waals surface area contributed by atoms with Crippen molar-refractivity contribution >= 4 is 11.4 Å². The minimum absolute atomic E-state index is 0.209. The number of nitro benzene ring substituents is 1. The monoisotopic (exact) mass is 214 g/mol. The summed E-state index contributed by atoms with van der Waals surface area (Å²) in [6, 6.07) is 5.22. The summed E-state index contributed by atoms with van der Waals surface area (Å²) in [7, 11) is 0. The van der Waals surface area contributed by atoms with Crippen molar-refractivity contribution in [1.82, 2.24) is 0 Å². The number of hydrogen-bond acceptors (Lipinski definition) is 7. The lowest BCUT2D eigenvalue weighted by Crippen LogP contribution is -2.33. The fraction of sp³-hybridized carbons (Fsp3) is 0. The Labute approximate surface area is 82.8 Å². The Bertz CT molecular complexity index is 395. The topological polar surface area (TPSA) is 125 Å². The normalized spacial score (nSPS) is 9.40. The van der Waals surface area contributed by atoms with Gasteiger partial charge in [-0.15, -0.1) is 15.3 Å². The number of rotatable bonds is 4. The predicted molar refractivity (Wildman–Crippen MR) is 47.8 cm³/mol. The van der Waals surface area contributed by atoms with Crippen LogP contribution in [0.25, 0.3) is 0 Å². The van der Waals surface area contributed by atoms with Crippen LogP contribution in [0.3, 0.4) is 0 Å². The van der Waals surface area contributed by atoms with Crippen molar-refractivity contribution in [3.63, 3.8) is 0 Å². The van der Waals surface area contributed by atoms with Crippen LogP contribution in [0.4, 0.5) is 11.4 Å². The standard InChI is InChI=1S/C6H6N4O5/c7-8(15-10(13)14)5-3-1-2-4-6(5)9(11)12/h1-4H,7H2. The van der Waals surface area contributed by atoms with E-state index in [0.717, 1.165) is 6.07 Å². The maximum atomic E-state index is 10.5. The molecule has 0 saturated heterocycles. The molecule has 2 N–H and O–H groups in total. The van der Waals surface area contributed by atoms with Gasteiger partial charge >= 0.3 is 5.09 Å². The second-order valence-electron chi connectivity index (χ2n) is 2.38. The van der Waals surface area contributed by atoms with Crippen LogP contribution in [-0.4, -0.2) is 10.0 Å². The zero-order valence-electron chi connectivity index (χ0n) is 7.27. The minimum Gasteiger partial charge on any atom is -0.258 e. The van der Waals surface area contributed by atoms with Crippen LogP contribution in [0.15, 0.2) is 24.3 Å². The molecular weight excluding hydrogens is 208 g/mol. The van der Waals surface area contributed by atoms with E-state index in [1.165, 1.54) is 18.2 Å². The van der Waals surface area contributed by atoms with Gasteiger partial charge in [-0.3, -0.25) is 10.1 Å². The third-order valence-corrected chi connectivity index (χ3v) is 1.47. The summed E-state index contributed by atoms with van der Waals surface area (Å²) in [4.78, 5) is 23.6. The summed E-state index contributed by atoms with van der Waals surface area (Å²) in [5.41, 5.74) is -0.596. The quantitative estimate of drug-likeness (QED) is 0.436. The highest BCUT2D eigenvalue weighted by molar-refractivity contribution is 5.60. The summed E-state index contributed by atoms with van der Waals surface area (Å²) in [6.07, 6.45) is 0. The van der Waals surface area contributed by atoms with E-state index in [9.17, 15) is 20.2 Å². The zero-order valence-corrected chi connectivity index (χ0v) is 7.27. The number of anilines is 1. The number of nitro groups is 1. The van der Waals surface area contributed by atoms with Crippen molar-refractivity contribution in [2.45, 2.75) is 0 Å². The van der Waals surface area contributed by atoms with Gasteiger partial charge in [0, 0.05) is 6.07 Å². The van der Waals surface area contributed by atoms with E-state index in [0.29, 0.717) is 0 Å². The fourth-order valence-electron chi connectivity index (χ4n) is 0.921. The van der Waals surface area contributed by atoms with Crippen molar-refractivity contribution in [3.05, 3.63) is 44.5 Å². The lowest BCUT2D eigenvalue weighted by Gasteiger charge is -2.13. The molecule has 0 unspecified atom stereocenters. The van der Waals surface area contributed by atoms with E-state index >= 15 is 0 Å². The van der Waals surface area contributed by atoms with E-state index < -0.39 is 10.0 Å². The third-order valence-electron chi connectivity index (χ3n) is 1.47. The molecule has 9 heteroatoms. The maximum Gasteiger partial charge on any atom is 0.318 e. The SMILES string of the molecule is NN(O[N+](=O)[O-])c1ccccc1[N+](=O)[O-]. The highest BCUT2D eigenvalue weighted by Crippen LogP contribution is 2.25. The second-order valence-corrected chi connectivity index (χ2v) is 2.38. The second kappa shape index (κ2) is 4.19. The van der Waals surface area contributed by atoms with Crippen molar-refractivity contribution in [2.75, 3.05) is 5.17 Å². The minimum atomic E-state index is -1.17. The van der Waals surface area contributed by atoms with Gasteiger partial charge in [-0.05, 0) is 6.07 Å². The molecule has 0 bridgehead atoms. The van der Waals surface area contributed by atoms with Crippen LogP contribution in [0, 0.1) is 20.2 Å². The molecular formula is C6H6N4O5. The van der Waals surface area contributed by atoms with Gasteiger partial charge in [-0.25, -0.2) is 5.84 Å². The van der Waals surface area contributed by atoms with E-state index in [-0.39, 0.29) is 16.5 Å². The average Bonchev–Trinajstić information content (AvgIpc) is 2.16. The van der Waals surface area contributed by atoms with Crippen LogP contribution >= 0.6 is 0 Å². The smallest absolute Gasteiger partial charge is 0.258 e. The molecule has 1 aromatic rings. The first-order chi connectivity index (χ1) is 7.02. The molecule has 0 aromatic heterocycles. The van der Waals surface area contributed by atoms with Gasteiger partial charge in [0.25, 0.3) is 5.69 Å². The first kappa shape index (κ1) is 10.7. The highest BCUT2D eigenvalue weighted by atomic mass is 17.0. The lowest BCUT2D eigenvalue weighted by molar-refractivity contribution is -0.762. The van der Waals surface area contributed by atoms with Gasteiger partial charge in [-0.1, -0.05) is 12.1 Å². The van der Waals surface area contributed by atoms with Crippen LogP contribution in [-0.2, 0) is 4.94 Å². The van der Waals surface area contributed by atoms with Crippen LogP contribution in [0.1, 0.15) is 0 Å². The van der Waals surface area contributed by atoms with Crippen LogP contribution in [0.5, 0.6) is 0 Å². The Morgan fingerprint density at radius 2 is 1.87 bits per heavy atom. The van der Waals surface area contributed by atoms with Gasteiger partial charge in [-0.2, -0.15) is 4.94 Å². The molecule has 0 amide bonds. The largest absolute Gasteiger partial charge is 0.318 e. The molecule has 0 heterocycles. The summed E-state index contributed by atoms with van der Waals surface area (Å²) >= 11 is 0. The Kier molecular flexibility index (Phi) is 2.98. The van der Waals surface area contributed by atoms with Gasteiger partial charge < -0.3 is 0 Å². The van der Waals surface area contributed by atoms with Crippen molar-refractivity contribution in [3.8, 4) is 0 Å². The Morgan fingerprint density at radius 3 is 2.40 bits per heavy atom. The Balaban J connectivity index is 3.02. The summed E-state index contributed by atoms with van der Waals surface area (Å²) < 4.78 is 0. The van der Waals surface area contributed by atoms with E-state index in [1.807, 2.05) is 0 Å². The average molecular weight is 214 g/mol. The molecule has 1 rings (SSSR count). The predicted octanol–water partition coefficient (Wildman–Crippen LogP) is 0.398. The van der Waals surface area contributed by atoms with E-state index in [1.54, 1.807) is 0 Å². The van der Waals surface area contributed by atoms with Gasteiger partial charge in [0.2, 0.25) is 0 Å². The molecule has 0 aliphatic carbocycles. The van der Waals surface area contributed by atoms with E-state index in [2.05, 4.69) is 4.94 Å². The lowest BCUT2D eigenvalue weighted by atomic mass is 10.3. The number of para-hydroxylation sites is 2. The van der Waals surface area contributed by atoms with Crippen molar-refractivity contribution in [1.29, 1.82) is 0 Å². The maximum absolute atomic E-state index is 10.5. The molecule has 0 spiro atoms. The van der Waals surface area contributed by atoms with Gasteiger partial charge in [0.1, 0.15) is 0 Å². The highest BCUT2D eigenvalue weighted by Gasteiger charge is 2.18. The first-order valence-electron chi connectivity index (χ1n) is 3.63. The molecule has 0 radical (unpaired) electrons. The first-order valence-corrected chi connectivity index (χ1v) is 3.63. The Hall–Kier alpha value is -2.42. The fourth-order valence-corrected chi connectivity index (χ4v) is 0.921.